The summed E-state index contributed by atoms with van der Waals surface area (Å²) in [7, 11) is -3.16. The molecule has 98 valence electrons. The molecule has 0 spiro atoms. The molecule has 4 nitrogen and oxygen atoms in total. The van der Waals surface area contributed by atoms with E-state index in [1.807, 2.05) is 6.92 Å². The molecule has 1 rings (SSSR count). The lowest BCUT2D eigenvalue weighted by Crippen LogP contribution is -2.45. The lowest BCUT2D eigenvalue weighted by atomic mass is 9.97. The lowest BCUT2D eigenvalue weighted by molar-refractivity contribution is 0.416. The molecule has 0 saturated heterocycles. The highest BCUT2D eigenvalue weighted by atomic mass is 32.2. The van der Waals surface area contributed by atoms with Crippen molar-refractivity contribution in [1.29, 1.82) is 0 Å². The van der Waals surface area contributed by atoms with E-state index >= 15 is 0 Å². The van der Waals surface area contributed by atoms with E-state index in [4.69, 9.17) is 4.42 Å². The Kier molecular flexibility index (Phi) is 4.38. The van der Waals surface area contributed by atoms with Crippen LogP contribution in [-0.4, -0.2) is 26.0 Å². The van der Waals surface area contributed by atoms with Crippen molar-refractivity contribution in [3.05, 3.63) is 24.2 Å². The average Bonchev–Trinajstić information content (AvgIpc) is 2.69. The zero-order chi connectivity index (χ0) is 13.1. The van der Waals surface area contributed by atoms with E-state index in [2.05, 4.69) is 5.32 Å². The highest BCUT2D eigenvalue weighted by Gasteiger charge is 2.40. The second-order valence-corrected chi connectivity index (χ2v) is 7.42. The molecule has 1 aromatic heterocycles. The summed E-state index contributed by atoms with van der Waals surface area (Å²) in [6, 6.07) is 1.55. The summed E-state index contributed by atoms with van der Waals surface area (Å²) in [6.45, 7) is 6.30. The molecule has 0 aromatic carbocycles. The van der Waals surface area contributed by atoms with Crippen molar-refractivity contribution in [3.63, 3.8) is 0 Å². The maximum Gasteiger partial charge on any atom is 0.154 e. The van der Waals surface area contributed by atoms with Crippen LogP contribution in [0.4, 0.5) is 0 Å². The summed E-state index contributed by atoms with van der Waals surface area (Å²) in [5.41, 5.74) is 0.869. The maximum absolute atomic E-state index is 11.9. The van der Waals surface area contributed by atoms with Gasteiger partial charge in [-0.1, -0.05) is 6.92 Å². The van der Waals surface area contributed by atoms with E-state index in [0.717, 1.165) is 18.5 Å². The smallest absolute Gasteiger partial charge is 0.154 e. The van der Waals surface area contributed by atoms with Crippen molar-refractivity contribution < 1.29 is 12.8 Å². The van der Waals surface area contributed by atoms with Gasteiger partial charge in [-0.15, -0.1) is 0 Å². The van der Waals surface area contributed by atoms with Crippen molar-refractivity contribution in [2.75, 3.05) is 12.8 Å². The topological polar surface area (TPSA) is 59.3 Å². The van der Waals surface area contributed by atoms with Gasteiger partial charge in [0, 0.05) is 11.8 Å². The Morgan fingerprint density at radius 1 is 1.47 bits per heavy atom. The maximum atomic E-state index is 11.9. The lowest BCUT2D eigenvalue weighted by Gasteiger charge is -2.32. The Morgan fingerprint density at radius 3 is 2.53 bits per heavy atom. The zero-order valence-electron chi connectivity index (χ0n) is 10.9. The first kappa shape index (κ1) is 14.3. The number of hydrogen-bond donors (Lipinski definition) is 1. The highest BCUT2D eigenvalue weighted by molar-refractivity contribution is 7.92. The number of rotatable bonds is 6. The number of sulfone groups is 1. The van der Waals surface area contributed by atoms with E-state index in [9.17, 15) is 8.42 Å². The molecule has 0 fully saturated rings. The summed E-state index contributed by atoms with van der Waals surface area (Å²) < 4.78 is 27.9. The summed E-state index contributed by atoms with van der Waals surface area (Å²) in [6.07, 6.45) is 5.39. The second kappa shape index (κ2) is 5.23. The molecule has 0 bridgehead atoms. The summed E-state index contributed by atoms with van der Waals surface area (Å²) in [5.74, 6) is 0. The minimum Gasteiger partial charge on any atom is -0.472 e. The summed E-state index contributed by atoms with van der Waals surface area (Å²) in [5, 5.41) is 3.28. The Hall–Kier alpha value is -0.810. The van der Waals surface area contributed by atoms with Gasteiger partial charge in [0.05, 0.1) is 23.3 Å². The van der Waals surface area contributed by atoms with E-state index in [-0.39, 0.29) is 6.04 Å². The first-order valence-corrected chi connectivity index (χ1v) is 7.65. The van der Waals surface area contributed by atoms with Crippen LogP contribution in [0.15, 0.2) is 23.0 Å². The van der Waals surface area contributed by atoms with E-state index in [1.165, 1.54) is 6.26 Å². The van der Waals surface area contributed by atoms with Gasteiger partial charge in [-0.2, -0.15) is 0 Å². The van der Waals surface area contributed by atoms with Crippen molar-refractivity contribution >= 4 is 9.84 Å². The van der Waals surface area contributed by atoms with Crippen molar-refractivity contribution in [3.8, 4) is 0 Å². The number of hydrogen-bond acceptors (Lipinski definition) is 4. The fourth-order valence-corrected chi connectivity index (χ4v) is 2.35. The minimum absolute atomic E-state index is 0.254. The average molecular weight is 259 g/mol. The third-order valence-corrected chi connectivity index (χ3v) is 5.27. The fraction of sp³-hybridized carbons (Fsp3) is 0.667. The molecule has 1 heterocycles. The standard InChI is InChI=1S/C12H21NO3S/c1-5-7-13-11(10-6-8-16-9-10)12(2,3)17(4,14)15/h6,8-9,11,13H,5,7H2,1-4H3. The van der Waals surface area contributed by atoms with Crippen LogP contribution >= 0.6 is 0 Å². The zero-order valence-corrected chi connectivity index (χ0v) is 11.7. The van der Waals surface area contributed by atoms with Crippen LogP contribution in [0, 0.1) is 0 Å². The largest absolute Gasteiger partial charge is 0.472 e. The molecule has 0 aliphatic heterocycles. The molecule has 1 unspecified atom stereocenters. The van der Waals surface area contributed by atoms with Crippen LogP contribution in [-0.2, 0) is 9.84 Å². The van der Waals surface area contributed by atoms with Gasteiger partial charge >= 0.3 is 0 Å². The fourth-order valence-electron chi connectivity index (χ4n) is 1.71. The monoisotopic (exact) mass is 259 g/mol. The Labute approximate surface area is 103 Å². The van der Waals surface area contributed by atoms with Gasteiger partial charge in [0.15, 0.2) is 9.84 Å². The van der Waals surface area contributed by atoms with Crippen LogP contribution in [0.5, 0.6) is 0 Å². The van der Waals surface area contributed by atoms with Gasteiger partial charge in [-0.05, 0) is 32.9 Å². The summed E-state index contributed by atoms with van der Waals surface area (Å²) >= 11 is 0. The van der Waals surface area contributed by atoms with Crippen molar-refractivity contribution in [2.24, 2.45) is 0 Å². The molecule has 0 aliphatic rings. The SMILES string of the molecule is CCCNC(c1ccoc1)C(C)(C)S(C)(=O)=O. The predicted molar refractivity (Wildman–Crippen MR) is 68.7 cm³/mol. The van der Waals surface area contributed by atoms with Crippen molar-refractivity contribution in [2.45, 2.75) is 38.0 Å². The minimum atomic E-state index is -3.16. The molecule has 17 heavy (non-hydrogen) atoms. The molecule has 0 saturated carbocycles. The second-order valence-electron chi connectivity index (χ2n) is 4.82. The van der Waals surface area contributed by atoms with E-state index in [1.54, 1.807) is 32.4 Å². The van der Waals surface area contributed by atoms with Crippen LogP contribution in [0.2, 0.25) is 0 Å². The number of furan rings is 1. The Morgan fingerprint density at radius 2 is 2.12 bits per heavy atom. The molecular formula is C12H21NO3S. The first-order chi connectivity index (χ1) is 7.80. The van der Waals surface area contributed by atoms with Gasteiger partial charge in [0.1, 0.15) is 0 Å². The van der Waals surface area contributed by atoms with Crippen LogP contribution in [0.1, 0.15) is 38.8 Å². The molecule has 0 aliphatic carbocycles. The van der Waals surface area contributed by atoms with Crippen LogP contribution in [0.3, 0.4) is 0 Å². The van der Waals surface area contributed by atoms with E-state index in [0.29, 0.717) is 0 Å². The number of nitrogens with one attached hydrogen (secondary N) is 1. The molecule has 5 heteroatoms. The summed E-state index contributed by atoms with van der Waals surface area (Å²) in [4.78, 5) is 0. The van der Waals surface area contributed by atoms with E-state index < -0.39 is 14.6 Å². The van der Waals surface area contributed by atoms with Gasteiger partial charge in [0.2, 0.25) is 0 Å². The Bertz CT molecular complexity index is 434. The molecule has 1 aromatic rings. The molecular weight excluding hydrogens is 238 g/mol. The first-order valence-electron chi connectivity index (χ1n) is 5.75. The molecule has 1 N–H and O–H groups in total. The molecule has 0 radical (unpaired) electrons. The van der Waals surface area contributed by atoms with Gasteiger partial charge in [0.25, 0.3) is 0 Å². The van der Waals surface area contributed by atoms with Gasteiger partial charge < -0.3 is 9.73 Å². The third-order valence-electron chi connectivity index (χ3n) is 3.13. The highest BCUT2D eigenvalue weighted by Crippen LogP contribution is 2.32. The normalized spacial score (nSPS) is 14.8. The Balaban J connectivity index is 3.07. The van der Waals surface area contributed by atoms with Gasteiger partial charge in [-0.3, -0.25) is 0 Å². The van der Waals surface area contributed by atoms with Crippen LogP contribution < -0.4 is 5.32 Å². The van der Waals surface area contributed by atoms with Gasteiger partial charge in [-0.25, -0.2) is 8.42 Å². The van der Waals surface area contributed by atoms with Crippen molar-refractivity contribution in [1.82, 2.24) is 5.32 Å². The molecule has 0 amide bonds. The predicted octanol–water partition coefficient (Wildman–Crippen LogP) is 2.14. The van der Waals surface area contributed by atoms with Crippen LogP contribution in [0.25, 0.3) is 0 Å². The quantitative estimate of drug-likeness (QED) is 0.850. The molecule has 1 atom stereocenters. The third kappa shape index (κ3) is 3.10.